The second-order valence-electron chi connectivity index (χ2n) is 4.12. The van der Waals surface area contributed by atoms with Gasteiger partial charge in [0, 0.05) is 22.2 Å². The van der Waals surface area contributed by atoms with Crippen LogP contribution in [0.2, 0.25) is 5.02 Å². The van der Waals surface area contributed by atoms with E-state index in [0.29, 0.717) is 11.5 Å². The van der Waals surface area contributed by atoms with E-state index < -0.39 is 4.92 Å². The normalized spacial score (nSPS) is 10.2. The van der Waals surface area contributed by atoms with Crippen LogP contribution in [0, 0.1) is 10.1 Å². The van der Waals surface area contributed by atoms with E-state index in [1.54, 1.807) is 7.11 Å². The maximum absolute atomic E-state index is 10.7. The zero-order valence-corrected chi connectivity index (χ0v) is 13.3. The first-order valence-corrected chi connectivity index (χ1v) is 7.07. The second kappa shape index (κ2) is 6.78. The van der Waals surface area contributed by atoms with Gasteiger partial charge >= 0.3 is 0 Å². The summed E-state index contributed by atoms with van der Waals surface area (Å²) in [6.45, 7) is 0.261. The molecule has 0 atom stereocenters. The van der Waals surface area contributed by atoms with Gasteiger partial charge in [-0.2, -0.15) is 0 Å². The molecule has 2 aromatic rings. The Morgan fingerprint density at radius 2 is 2.05 bits per heavy atom. The van der Waals surface area contributed by atoms with Gasteiger partial charge in [-0.05, 0) is 24.3 Å². The van der Waals surface area contributed by atoms with E-state index in [1.807, 2.05) is 18.2 Å². The highest BCUT2D eigenvalue weighted by molar-refractivity contribution is 9.10. The molecule has 110 valence electrons. The molecule has 0 spiro atoms. The van der Waals surface area contributed by atoms with Crippen LogP contribution in [0.5, 0.6) is 11.5 Å². The van der Waals surface area contributed by atoms with Crippen molar-refractivity contribution in [1.82, 2.24) is 0 Å². The minimum atomic E-state index is -0.538. The van der Waals surface area contributed by atoms with Crippen molar-refractivity contribution in [3.63, 3.8) is 0 Å². The number of rotatable bonds is 5. The van der Waals surface area contributed by atoms with E-state index in [1.165, 1.54) is 18.2 Å². The lowest BCUT2D eigenvalue weighted by molar-refractivity contribution is -0.384. The van der Waals surface area contributed by atoms with Gasteiger partial charge < -0.3 is 9.47 Å². The standard InChI is InChI=1S/C14H11BrClNO4/c1-20-14-5-2-10(15)6-9(14)8-21-11-3-4-13(17(18)19)12(16)7-11/h2-7H,8H2,1H3. The topological polar surface area (TPSA) is 61.6 Å². The molecular weight excluding hydrogens is 362 g/mol. The van der Waals surface area contributed by atoms with Gasteiger partial charge in [0.05, 0.1) is 12.0 Å². The third-order valence-electron chi connectivity index (χ3n) is 2.75. The molecule has 7 heteroatoms. The van der Waals surface area contributed by atoms with Crippen LogP contribution in [0.1, 0.15) is 5.56 Å². The maximum Gasteiger partial charge on any atom is 0.288 e. The molecule has 0 aliphatic carbocycles. The van der Waals surface area contributed by atoms with Gasteiger partial charge in [0.2, 0.25) is 0 Å². The van der Waals surface area contributed by atoms with Crippen molar-refractivity contribution in [2.24, 2.45) is 0 Å². The lowest BCUT2D eigenvalue weighted by atomic mass is 10.2. The number of ether oxygens (including phenoxy) is 2. The van der Waals surface area contributed by atoms with Crippen molar-refractivity contribution in [3.05, 3.63) is 61.6 Å². The van der Waals surface area contributed by atoms with Crippen LogP contribution < -0.4 is 9.47 Å². The van der Waals surface area contributed by atoms with Gasteiger partial charge in [0.1, 0.15) is 23.1 Å². The lowest BCUT2D eigenvalue weighted by Gasteiger charge is -2.11. The summed E-state index contributed by atoms with van der Waals surface area (Å²) in [4.78, 5) is 10.2. The predicted octanol–water partition coefficient (Wildman–Crippen LogP) is 4.60. The highest BCUT2D eigenvalue weighted by atomic mass is 79.9. The van der Waals surface area contributed by atoms with Crippen molar-refractivity contribution in [1.29, 1.82) is 0 Å². The monoisotopic (exact) mass is 371 g/mol. The molecule has 0 aliphatic rings. The van der Waals surface area contributed by atoms with Crippen LogP contribution in [0.3, 0.4) is 0 Å². The molecule has 21 heavy (non-hydrogen) atoms. The van der Waals surface area contributed by atoms with Gasteiger partial charge in [-0.15, -0.1) is 0 Å². The summed E-state index contributed by atoms with van der Waals surface area (Å²) in [6.07, 6.45) is 0. The SMILES string of the molecule is COc1ccc(Br)cc1COc1ccc([N+](=O)[O-])c(Cl)c1. The van der Waals surface area contributed by atoms with E-state index in [2.05, 4.69) is 15.9 Å². The molecule has 2 aromatic carbocycles. The van der Waals surface area contributed by atoms with Crippen LogP contribution >= 0.6 is 27.5 Å². The van der Waals surface area contributed by atoms with Crippen LogP contribution in [0.25, 0.3) is 0 Å². The van der Waals surface area contributed by atoms with Crippen molar-refractivity contribution in [2.75, 3.05) is 7.11 Å². The number of nitro benzene ring substituents is 1. The Morgan fingerprint density at radius 3 is 2.67 bits per heavy atom. The molecular formula is C14H11BrClNO4. The van der Waals surface area contributed by atoms with E-state index in [-0.39, 0.29) is 17.3 Å². The summed E-state index contributed by atoms with van der Waals surface area (Å²) in [5.41, 5.74) is 0.699. The summed E-state index contributed by atoms with van der Waals surface area (Å²) in [5, 5.41) is 10.7. The Morgan fingerprint density at radius 1 is 1.29 bits per heavy atom. The third kappa shape index (κ3) is 3.86. The molecule has 0 amide bonds. The van der Waals surface area contributed by atoms with Crippen molar-refractivity contribution >= 4 is 33.2 Å². The summed E-state index contributed by atoms with van der Waals surface area (Å²) in [6, 6.07) is 9.82. The van der Waals surface area contributed by atoms with Crippen molar-refractivity contribution in [3.8, 4) is 11.5 Å². The largest absolute Gasteiger partial charge is 0.496 e. The van der Waals surface area contributed by atoms with E-state index in [9.17, 15) is 10.1 Å². The molecule has 0 heterocycles. The number of nitrogens with zero attached hydrogens (tertiary/aromatic N) is 1. The van der Waals surface area contributed by atoms with Crippen LogP contribution in [0.4, 0.5) is 5.69 Å². The Kier molecular flexibility index (Phi) is 5.03. The molecule has 5 nitrogen and oxygen atoms in total. The molecule has 2 rings (SSSR count). The summed E-state index contributed by atoms with van der Waals surface area (Å²) >= 11 is 9.22. The summed E-state index contributed by atoms with van der Waals surface area (Å²) < 4.78 is 11.8. The van der Waals surface area contributed by atoms with E-state index >= 15 is 0 Å². The van der Waals surface area contributed by atoms with Gasteiger partial charge in [-0.25, -0.2) is 0 Å². The number of nitro groups is 1. The summed E-state index contributed by atoms with van der Waals surface area (Å²) in [7, 11) is 1.58. The number of benzene rings is 2. The van der Waals surface area contributed by atoms with Gasteiger partial charge in [-0.3, -0.25) is 10.1 Å². The number of methoxy groups -OCH3 is 1. The smallest absolute Gasteiger partial charge is 0.288 e. The molecule has 0 saturated carbocycles. The zero-order valence-electron chi connectivity index (χ0n) is 11.0. The lowest BCUT2D eigenvalue weighted by Crippen LogP contribution is -1.99. The summed E-state index contributed by atoms with van der Waals surface area (Å²) in [5.74, 6) is 1.15. The van der Waals surface area contributed by atoms with Crippen molar-refractivity contribution < 1.29 is 14.4 Å². The Bertz CT molecular complexity index is 678. The fourth-order valence-electron chi connectivity index (χ4n) is 1.75. The molecule has 0 N–H and O–H groups in total. The first-order chi connectivity index (χ1) is 10.0. The van der Waals surface area contributed by atoms with Gasteiger partial charge in [0.15, 0.2) is 0 Å². The second-order valence-corrected chi connectivity index (χ2v) is 5.44. The number of hydrogen-bond donors (Lipinski definition) is 0. The van der Waals surface area contributed by atoms with Crippen LogP contribution in [-0.2, 0) is 6.61 Å². The molecule has 0 radical (unpaired) electrons. The van der Waals surface area contributed by atoms with Crippen LogP contribution in [0.15, 0.2) is 40.9 Å². The zero-order chi connectivity index (χ0) is 15.4. The molecule has 0 aliphatic heterocycles. The highest BCUT2D eigenvalue weighted by Crippen LogP contribution is 2.30. The Hall–Kier alpha value is -1.79. The first kappa shape index (κ1) is 15.6. The molecule has 0 aromatic heterocycles. The molecule has 0 saturated heterocycles. The highest BCUT2D eigenvalue weighted by Gasteiger charge is 2.13. The fourth-order valence-corrected chi connectivity index (χ4v) is 2.39. The number of hydrogen-bond acceptors (Lipinski definition) is 4. The molecule has 0 fully saturated rings. The molecule has 0 bridgehead atoms. The average molecular weight is 373 g/mol. The fraction of sp³-hybridized carbons (Fsp3) is 0.143. The van der Waals surface area contributed by atoms with Gasteiger partial charge in [-0.1, -0.05) is 27.5 Å². The predicted molar refractivity (Wildman–Crippen MR) is 83.1 cm³/mol. The Labute approximate surface area is 134 Å². The Balaban J connectivity index is 2.15. The minimum Gasteiger partial charge on any atom is -0.496 e. The van der Waals surface area contributed by atoms with Crippen LogP contribution in [-0.4, -0.2) is 12.0 Å². The van der Waals surface area contributed by atoms with Gasteiger partial charge in [0.25, 0.3) is 5.69 Å². The van der Waals surface area contributed by atoms with Crippen molar-refractivity contribution in [2.45, 2.75) is 6.61 Å². The minimum absolute atomic E-state index is 0.0405. The first-order valence-electron chi connectivity index (χ1n) is 5.90. The molecule has 0 unspecified atom stereocenters. The van der Waals surface area contributed by atoms with E-state index in [4.69, 9.17) is 21.1 Å². The number of halogens is 2. The maximum atomic E-state index is 10.7. The quantitative estimate of drug-likeness (QED) is 0.568. The average Bonchev–Trinajstić information content (AvgIpc) is 2.45. The van der Waals surface area contributed by atoms with E-state index in [0.717, 1.165) is 10.0 Å². The third-order valence-corrected chi connectivity index (χ3v) is 3.55.